The van der Waals surface area contributed by atoms with Crippen LogP contribution < -0.4 is 0 Å². The highest BCUT2D eigenvalue weighted by Gasteiger charge is 2.20. The standard InChI is InChI=1S/C18H22ClNO/c1-11(2)15-7-6-8-16(10-15)20-12(3)9-17(14(20)5)18(21)13(4)19/h6-11,13H,1-5H3. The fraction of sp³-hybridized carbons (Fsp3) is 0.389. The Balaban J connectivity index is 2.55. The molecule has 1 heterocycles. The van der Waals surface area contributed by atoms with Crippen molar-refractivity contribution in [3.05, 3.63) is 52.8 Å². The third-order valence-corrected chi connectivity index (χ3v) is 4.05. The number of aromatic nitrogens is 1. The maximum atomic E-state index is 12.2. The molecule has 1 atom stereocenters. The van der Waals surface area contributed by atoms with Crippen molar-refractivity contribution in [3.63, 3.8) is 0 Å². The van der Waals surface area contributed by atoms with E-state index in [2.05, 4.69) is 42.7 Å². The van der Waals surface area contributed by atoms with E-state index in [1.807, 2.05) is 19.9 Å². The van der Waals surface area contributed by atoms with Gasteiger partial charge in [-0.3, -0.25) is 4.79 Å². The molecule has 0 amide bonds. The molecule has 2 nitrogen and oxygen atoms in total. The van der Waals surface area contributed by atoms with Gasteiger partial charge in [0.15, 0.2) is 5.78 Å². The molecule has 0 spiro atoms. The lowest BCUT2D eigenvalue weighted by Gasteiger charge is -2.13. The molecule has 0 aliphatic carbocycles. The summed E-state index contributed by atoms with van der Waals surface area (Å²) < 4.78 is 2.12. The zero-order chi connectivity index (χ0) is 15.7. The van der Waals surface area contributed by atoms with Crippen molar-refractivity contribution in [2.75, 3.05) is 0 Å². The Labute approximate surface area is 131 Å². The molecular weight excluding hydrogens is 282 g/mol. The second-order valence-electron chi connectivity index (χ2n) is 5.85. The maximum Gasteiger partial charge on any atom is 0.182 e. The van der Waals surface area contributed by atoms with E-state index in [0.717, 1.165) is 17.1 Å². The summed E-state index contributed by atoms with van der Waals surface area (Å²) in [6, 6.07) is 10.4. The van der Waals surface area contributed by atoms with E-state index in [1.54, 1.807) is 6.92 Å². The Morgan fingerprint density at radius 1 is 1.14 bits per heavy atom. The maximum absolute atomic E-state index is 12.2. The van der Waals surface area contributed by atoms with Gasteiger partial charge < -0.3 is 4.57 Å². The molecule has 112 valence electrons. The van der Waals surface area contributed by atoms with E-state index in [0.29, 0.717) is 11.5 Å². The highest BCUT2D eigenvalue weighted by Crippen LogP contribution is 2.25. The highest BCUT2D eigenvalue weighted by molar-refractivity contribution is 6.33. The van der Waals surface area contributed by atoms with E-state index in [4.69, 9.17) is 11.6 Å². The average molecular weight is 304 g/mol. The molecule has 3 heteroatoms. The normalized spacial score (nSPS) is 12.7. The first-order chi connectivity index (χ1) is 9.82. The zero-order valence-corrected chi connectivity index (χ0v) is 14.0. The minimum atomic E-state index is -0.499. The number of ketones is 1. The Bertz CT molecular complexity index is 668. The van der Waals surface area contributed by atoms with E-state index < -0.39 is 5.38 Å². The minimum Gasteiger partial charge on any atom is -0.318 e. The number of rotatable bonds is 4. The van der Waals surface area contributed by atoms with Gasteiger partial charge >= 0.3 is 0 Å². The van der Waals surface area contributed by atoms with Crippen LogP contribution in [-0.4, -0.2) is 15.7 Å². The predicted octanol–water partition coefficient (Wildman–Crippen LogP) is 5.03. The Morgan fingerprint density at radius 3 is 2.38 bits per heavy atom. The van der Waals surface area contributed by atoms with Crippen molar-refractivity contribution in [2.45, 2.75) is 45.9 Å². The van der Waals surface area contributed by atoms with Crippen molar-refractivity contribution in [1.29, 1.82) is 0 Å². The first-order valence-electron chi connectivity index (χ1n) is 7.30. The van der Waals surface area contributed by atoms with Gasteiger partial charge in [-0.1, -0.05) is 26.0 Å². The first-order valence-corrected chi connectivity index (χ1v) is 7.74. The molecule has 1 aromatic heterocycles. The number of halogens is 1. The molecule has 0 N–H and O–H groups in total. The van der Waals surface area contributed by atoms with Gasteiger partial charge in [0.25, 0.3) is 0 Å². The largest absolute Gasteiger partial charge is 0.318 e. The number of hydrogen-bond acceptors (Lipinski definition) is 1. The van der Waals surface area contributed by atoms with Gasteiger partial charge in [0.1, 0.15) is 0 Å². The lowest BCUT2D eigenvalue weighted by atomic mass is 10.0. The minimum absolute atomic E-state index is 0.0176. The van der Waals surface area contributed by atoms with Crippen molar-refractivity contribution < 1.29 is 4.79 Å². The topological polar surface area (TPSA) is 22.0 Å². The molecule has 1 aromatic carbocycles. The van der Waals surface area contributed by atoms with Gasteiger partial charge in [-0.05, 0) is 50.5 Å². The molecular formula is C18H22ClNO. The summed E-state index contributed by atoms with van der Waals surface area (Å²) >= 11 is 5.95. The number of carbonyl (C=O) groups is 1. The van der Waals surface area contributed by atoms with Crippen molar-refractivity contribution >= 4 is 17.4 Å². The SMILES string of the molecule is Cc1cc(C(=O)C(C)Cl)c(C)n1-c1cccc(C(C)C)c1. The van der Waals surface area contributed by atoms with Gasteiger partial charge in [-0.25, -0.2) is 0 Å². The molecule has 0 bridgehead atoms. The van der Waals surface area contributed by atoms with Crippen LogP contribution in [0.5, 0.6) is 0 Å². The Kier molecular flexibility index (Phi) is 4.58. The average Bonchev–Trinajstić information content (AvgIpc) is 2.73. The molecule has 0 fully saturated rings. The van der Waals surface area contributed by atoms with Crippen LogP contribution >= 0.6 is 11.6 Å². The summed E-state index contributed by atoms with van der Waals surface area (Å²) in [5.41, 5.74) is 5.10. The van der Waals surface area contributed by atoms with Gasteiger partial charge in [0.2, 0.25) is 0 Å². The van der Waals surface area contributed by atoms with Gasteiger partial charge in [0, 0.05) is 22.6 Å². The number of hydrogen-bond donors (Lipinski definition) is 0. The van der Waals surface area contributed by atoms with Crippen LogP contribution in [0.1, 0.15) is 54.0 Å². The van der Waals surface area contributed by atoms with Crippen molar-refractivity contribution in [2.24, 2.45) is 0 Å². The second kappa shape index (κ2) is 6.07. The fourth-order valence-corrected chi connectivity index (χ4v) is 2.76. The second-order valence-corrected chi connectivity index (χ2v) is 6.50. The quantitative estimate of drug-likeness (QED) is 0.573. The molecule has 2 rings (SSSR count). The van der Waals surface area contributed by atoms with E-state index >= 15 is 0 Å². The van der Waals surface area contributed by atoms with Gasteiger partial charge in [-0.2, -0.15) is 0 Å². The number of alkyl halides is 1. The van der Waals surface area contributed by atoms with Crippen LogP contribution in [0.2, 0.25) is 0 Å². The number of carbonyl (C=O) groups excluding carboxylic acids is 1. The van der Waals surface area contributed by atoms with Crippen LogP contribution in [0.15, 0.2) is 30.3 Å². The third kappa shape index (κ3) is 3.06. The molecule has 0 aliphatic rings. The third-order valence-electron chi connectivity index (χ3n) is 3.85. The van der Waals surface area contributed by atoms with Crippen LogP contribution in [-0.2, 0) is 0 Å². The molecule has 0 saturated carbocycles. The van der Waals surface area contributed by atoms with Crippen LogP contribution in [0.3, 0.4) is 0 Å². The van der Waals surface area contributed by atoms with Crippen LogP contribution in [0.25, 0.3) is 5.69 Å². The Morgan fingerprint density at radius 2 is 1.81 bits per heavy atom. The van der Waals surface area contributed by atoms with Crippen molar-refractivity contribution in [3.8, 4) is 5.69 Å². The summed E-state index contributed by atoms with van der Waals surface area (Å²) in [6.07, 6.45) is 0. The number of Topliss-reactive ketones (excluding diaryl/α,β-unsaturated/α-hetero) is 1. The van der Waals surface area contributed by atoms with Crippen LogP contribution in [0, 0.1) is 13.8 Å². The highest BCUT2D eigenvalue weighted by atomic mass is 35.5. The summed E-state index contributed by atoms with van der Waals surface area (Å²) in [5, 5.41) is -0.499. The van der Waals surface area contributed by atoms with E-state index in [9.17, 15) is 4.79 Å². The molecule has 2 aromatic rings. The molecule has 0 radical (unpaired) electrons. The lowest BCUT2D eigenvalue weighted by molar-refractivity contribution is 0.0991. The zero-order valence-electron chi connectivity index (χ0n) is 13.3. The number of nitrogens with zero attached hydrogens (tertiary/aromatic N) is 1. The van der Waals surface area contributed by atoms with E-state index in [-0.39, 0.29) is 5.78 Å². The van der Waals surface area contributed by atoms with Crippen molar-refractivity contribution in [1.82, 2.24) is 4.57 Å². The fourth-order valence-electron chi connectivity index (χ4n) is 2.65. The van der Waals surface area contributed by atoms with E-state index in [1.165, 1.54) is 5.56 Å². The summed E-state index contributed by atoms with van der Waals surface area (Å²) in [5.74, 6) is 0.459. The summed E-state index contributed by atoms with van der Waals surface area (Å²) in [7, 11) is 0. The number of benzene rings is 1. The monoisotopic (exact) mass is 303 g/mol. The van der Waals surface area contributed by atoms with Gasteiger partial charge in [0.05, 0.1) is 5.38 Å². The molecule has 21 heavy (non-hydrogen) atoms. The number of aryl methyl sites for hydroxylation is 1. The first kappa shape index (κ1) is 15.8. The lowest BCUT2D eigenvalue weighted by Crippen LogP contribution is -2.11. The molecule has 1 unspecified atom stereocenters. The summed E-state index contributed by atoms with van der Waals surface area (Å²) in [4.78, 5) is 12.2. The van der Waals surface area contributed by atoms with Gasteiger partial charge in [-0.15, -0.1) is 11.6 Å². The molecule has 0 saturated heterocycles. The van der Waals surface area contributed by atoms with Crippen LogP contribution in [0.4, 0.5) is 0 Å². The Hall–Kier alpha value is -1.54. The predicted molar refractivity (Wildman–Crippen MR) is 89.0 cm³/mol. The molecule has 0 aliphatic heterocycles. The smallest absolute Gasteiger partial charge is 0.182 e. The summed E-state index contributed by atoms with van der Waals surface area (Å²) in [6.45, 7) is 10.1.